The lowest BCUT2D eigenvalue weighted by molar-refractivity contribution is -0.387. The van der Waals surface area contributed by atoms with Crippen LogP contribution in [0.3, 0.4) is 0 Å². The Morgan fingerprint density at radius 1 is 1.53 bits per heavy atom. The highest BCUT2D eigenvalue weighted by atomic mass is 19.1. The molecule has 1 aromatic rings. The van der Waals surface area contributed by atoms with Crippen molar-refractivity contribution in [3.63, 3.8) is 0 Å². The highest BCUT2D eigenvalue weighted by molar-refractivity contribution is 5.42. The third-order valence-electron chi connectivity index (χ3n) is 2.92. The van der Waals surface area contributed by atoms with Crippen molar-refractivity contribution in [2.45, 2.75) is 18.4 Å². The zero-order valence-corrected chi connectivity index (χ0v) is 8.29. The van der Waals surface area contributed by atoms with E-state index in [9.17, 15) is 14.5 Å². The smallest absolute Gasteiger partial charge is 0.305 e. The molecule has 2 rings (SSSR count). The van der Waals surface area contributed by atoms with Gasteiger partial charge in [0.2, 0.25) is 5.82 Å². The van der Waals surface area contributed by atoms with Gasteiger partial charge in [0.1, 0.15) is 0 Å². The van der Waals surface area contributed by atoms with Crippen LogP contribution >= 0.6 is 0 Å². The fourth-order valence-electron chi connectivity index (χ4n) is 1.81. The van der Waals surface area contributed by atoms with Gasteiger partial charge in [-0.15, -0.1) is 0 Å². The molecule has 0 aromatic heterocycles. The predicted octanol–water partition coefficient (Wildman–Crippen LogP) is 1.94. The minimum absolute atomic E-state index is 0.379. The molecule has 1 aromatic carbocycles. The number of hydrogen-bond acceptors (Lipinski definition) is 3. The number of halogens is 1. The molecule has 1 aliphatic rings. The summed E-state index contributed by atoms with van der Waals surface area (Å²) in [5, 5.41) is 13.6. The lowest BCUT2D eigenvalue weighted by atomic mass is 10.0. The maximum atomic E-state index is 13.8. The van der Waals surface area contributed by atoms with Gasteiger partial charge < -0.3 is 5.32 Å². The van der Waals surface area contributed by atoms with Crippen LogP contribution < -0.4 is 5.32 Å². The molecule has 0 unspecified atom stereocenters. The summed E-state index contributed by atoms with van der Waals surface area (Å²) in [7, 11) is 1.74. The first-order valence-electron chi connectivity index (χ1n) is 4.73. The van der Waals surface area contributed by atoms with Gasteiger partial charge in [0.05, 0.1) is 4.92 Å². The Balaban J connectivity index is 2.50. The molecule has 0 saturated heterocycles. The molecule has 5 heteroatoms. The Kier molecular flexibility index (Phi) is 2.19. The number of rotatable bonds is 3. The van der Waals surface area contributed by atoms with Crippen LogP contribution in [0, 0.1) is 15.9 Å². The second-order valence-corrected chi connectivity index (χ2v) is 3.73. The van der Waals surface area contributed by atoms with E-state index in [-0.39, 0.29) is 5.54 Å². The molecule has 0 aliphatic heterocycles. The van der Waals surface area contributed by atoms with Crippen LogP contribution in [0.25, 0.3) is 0 Å². The van der Waals surface area contributed by atoms with Crippen molar-refractivity contribution < 1.29 is 9.31 Å². The van der Waals surface area contributed by atoms with Gasteiger partial charge in [-0.05, 0) is 19.9 Å². The van der Waals surface area contributed by atoms with E-state index in [0.717, 1.165) is 12.8 Å². The van der Waals surface area contributed by atoms with Crippen LogP contribution in [0.2, 0.25) is 0 Å². The highest BCUT2D eigenvalue weighted by Gasteiger charge is 2.45. The van der Waals surface area contributed by atoms with Gasteiger partial charge in [-0.1, -0.05) is 12.1 Å². The maximum absolute atomic E-state index is 13.8. The number of nitro groups is 1. The normalized spacial score (nSPS) is 17.5. The largest absolute Gasteiger partial charge is 0.310 e. The third-order valence-corrected chi connectivity index (χ3v) is 2.92. The molecule has 80 valence electrons. The van der Waals surface area contributed by atoms with Gasteiger partial charge in [-0.25, -0.2) is 0 Å². The van der Waals surface area contributed by atoms with Crippen molar-refractivity contribution >= 4 is 5.69 Å². The predicted molar refractivity (Wildman–Crippen MR) is 53.0 cm³/mol. The van der Waals surface area contributed by atoms with E-state index in [2.05, 4.69) is 5.32 Å². The minimum atomic E-state index is -0.714. The average Bonchev–Trinajstić information content (AvgIpc) is 2.98. The Morgan fingerprint density at radius 2 is 2.20 bits per heavy atom. The zero-order valence-electron chi connectivity index (χ0n) is 8.29. The van der Waals surface area contributed by atoms with Gasteiger partial charge in [0.25, 0.3) is 0 Å². The molecular formula is C10H11FN2O2. The van der Waals surface area contributed by atoms with Crippen molar-refractivity contribution in [1.82, 2.24) is 5.32 Å². The molecule has 0 radical (unpaired) electrons. The van der Waals surface area contributed by atoms with E-state index in [0.29, 0.717) is 5.56 Å². The molecule has 0 heterocycles. The monoisotopic (exact) mass is 210 g/mol. The summed E-state index contributed by atoms with van der Waals surface area (Å²) in [4.78, 5) is 9.86. The lowest BCUT2D eigenvalue weighted by Gasteiger charge is -2.14. The molecule has 0 spiro atoms. The van der Waals surface area contributed by atoms with Crippen LogP contribution in [-0.4, -0.2) is 12.0 Å². The minimum Gasteiger partial charge on any atom is -0.310 e. The van der Waals surface area contributed by atoms with Crippen molar-refractivity contribution in [2.75, 3.05) is 7.05 Å². The number of hydrogen-bond donors (Lipinski definition) is 1. The highest BCUT2D eigenvalue weighted by Crippen LogP contribution is 2.47. The van der Waals surface area contributed by atoms with Crippen LogP contribution in [0.4, 0.5) is 10.1 Å². The van der Waals surface area contributed by atoms with Crippen LogP contribution in [0.15, 0.2) is 18.2 Å². The second kappa shape index (κ2) is 3.27. The van der Waals surface area contributed by atoms with Gasteiger partial charge in [0.15, 0.2) is 0 Å². The summed E-state index contributed by atoms with van der Waals surface area (Å²) in [6, 6.07) is 4.31. The van der Waals surface area contributed by atoms with Crippen LogP contribution in [-0.2, 0) is 5.54 Å². The summed E-state index contributed by atoms with van der Waals surface area (Å²) in [6.07, 6.45) is 1.64. The topological polar surface area (TPSA) is 55.2 Å². The maximum Gasteiger partial charge on any atom is 0.305 e. The zero-order chi connectivity index (χ0) is 11.1. The first kappa shape index (κ1) is 10.0. The number of nitrogens with zero attached hydrogens (tertiary/aromatic N) is 1. The van der Waals surface area contributed by atoms with Crippen molar-refractivity contribution in [3.05, 3.63) is 39.7 Å². The Bertz CT molecular complexity index is 416. The van der Waals surface area contributed by atoms with Gasteiger partial charge in [-0.2, -0.15) is 4.39 Å². The molecule has 1 saturated carbocycles. The van der Waals surface area contributed by atoms with E-state index >= 15 is 0 Å². The molecule has 15 heavy (non-hydrogen) atoms. The summed E-state index contributed by atoms with van der Waals surface area (Å²) in [5.41, 5.74) is -0.427. The SMILES string of the molecule is CNC1(c2cccc([N+](=O)[O-])c2F)CC1. The third kappa shape index (κ3) is 1.48. The molecule has 1 aliphatic carbocycles. The van der Waals surface area contributed by atoms with Crippen molar-refractivity contribution in [1.29, 1.82) is 0 Å². The molecule has 0 amide bonds. The van der Waals surface area contributed by atoms with Crippen molar-refractivity contribution in [3.8, 4) is 0 Å². The Hall–Kier alpha value is -1.49. The molecule has 0 bridgehead atoms. The average molecular weight is 210 g/mol. The van der Waals surface area contributed by atoms with Gasteiger partial charge >= 0.3 is 5.69 Å². The van der Waals surface area contributed by atoms with E-state index in [4.69, 9.17) is 0 Å². The van der Waals surface area contributed by atoms with E-state index in [1.54, 1.807) is 13.1 Å². The van der Waals surface area contributed by atoms with E-state index in [1.165, 1.54) is 12.1 Å². The fraction of sp³-hybridized carbons (Fsp3) is 0.400. The summed E-state index contributed by atoms with van der Waals surface area (Å²) in [6.45, 7) is 0. The second-order valence-electron chi connectivity index (χ2n) is 3.73. The van der Waals surface area contributed by atoms with Crippen LogP contribution in [0.5, 0.6) is 0 Å². The number of benzene rings is 1. The lowest BCUT2D eigenvalue weighted by Crippen LogP contribution is -2.25. The molecule has 1 N–H and O–H groups in total. The molecule has 1 fully saturated rings. The van der Waals surface area contributed by atoms with Gasteiger partial charge in [0, 0.05) is 17.2 Å². The molecule has 0 atom stereocenters. The van der Waals surface area contributed by atoms with E-state index < -0.39 is 16.4 Å². The molecule has 4 nitrogen and oxygen atoms in total. The van der Waals surface area contributed by atoms with Crippen LogP contribution in [0.1, 0.15) is 18.4 Å². The quantitative estimate of drug-likeness (QED) is 0.612. The molecular weight excluding hydrogens is 199 g/mol. The van der Waals surface area contributed by atoms with Crippen molar-refractivity contribution in [2.24, 2.45) is 0 Å². The first-order chi connectivity index (χ1) is 7.10. The number of nitro benzene ring substituents is 1. The first-order valence-corrected chi connectivity index (χ1v) is 4.73. The Labute approximate surface area is 86.3 Å². The van der Waals surface area contributed by atoms with E-state index in [1.807, 2.05) is 0 Å². The Morgan fingerprint density at radius 3 is 2.67 bits per heavy atom. The summed E-state index contributed by atoms with van der Waals surface area (Å²) in [5.74, 6) is -0.714. The summed E-state index contributed by atoms with van der Waals surface area (Å²) < 4.78 is 13.8. The number of nitrogens with one attached hydrogen (secondary N) is 1. The summed E-state index contributed by atoms with van der Waals surface area (Å²) >= 11 is 0. The fourth-order valence-corrected chi connectivity index (χ4v) is 1.81. The standard InChI is InChI=1S/C10H11FN2O2/c1-12-10(5-6-10)7-3-2-4-8(9(7)11)13(14)15/h2-4,12H,5-6H2,1H3. The van der Waals surface area contributed by atoms with Gasteiger partial charge in [-0.3, -0.25) is 10.1 Å².